The molecule has 10 heteroatoms. The number of ether oxygens (including phenoxy) is 2. The molecule has 1 saturated heterocycles. The van der Waals surface area contributed by atoms with E-state index >= 15 is 4.39 Å². The van der Waals surface area contributed by atoms with E-state index in [1.165, 1.54) is 18.1 Å². The van der Waals surface area contributed by atoms with Crippen molar-refractivity contribution < 1.29 is 28.2 Å². The zero-order chi connectivity index (χ0) is 30.4. The summed E-state index contributed by atoms with van der Waals surface area (Å²) in [5.41, 5.74) is 0.730. The zero-order valence-corrected chi connectivity index (χ0v) is 25.2. The summed E-state index contributed by atoms with van der Waals surface area (Å²) >= 11 is 12.5. The quantitative estimate of drug-likeness (QED) is 0.301. The van der Waals surface area contributed by atoms with Crippen LogP contribution in [0.15, 0.2) is 60.7 Å². The molecule has 3 atom stereocenters. The van der Waals surface area contributed by atoms with Crippen LogP contribution in [-0.2, 0) is 26.3 Å². The van der Waals surface area contributed by atoms with E-state index in [-0.39, 0.29) is 35.1 Å². The minimum absolute atomic E-state index is 0.100. The Balaban J connectivity index is 1.59. The van der Waals surface area contributed by atoms with Crippen LogP contribution < -0.4 is 5.32 Å². The van der Waals surface area contributed by atoms with E-state index in [4.69, 9.17) is 32.7 Å². The van der Waals surface area contributed by atoms with Crippen molar-refractivity contribution in [1.29, 1.82) is 0 Å². The summed E-state index contributed by atoms with van der Waals surface area (Å²) in [6.45, 7) is 6.22. The number of halogens is 3. The van der Waals surface area contributed by atoms with E-state index in [0.717, 1.165) is 0 Å². The molecule has 2 heterocycles. The molecule has 5 rings (SSSR count). The average molecular weight is 614 g/mol. The van der Waals surface area contributed by atoms with E-state index < -0.39 is 35.3 Å². The molecule has 0 unspecified atom stereocenters. The number of hydrogen-bond donors (Lipinski definition) is 1. The largest absolute Gasteiger partial charge is 0.465 e. The lowest BCUT2D eigenvalue weighted by atomic mass is 9.63. The third kappa shape index (κ3) is 5.22. The predicted octanol–water partition coefficient (Wildman–Crippen LogP) is 7.56. The highest BCUT2D eigenvalue weighted by molar-refractivity contribution is 6.31. The number of fused-ring (bicyclic) bond motifs is 2. The fourth-order valence-electron chi connectivity index (χ4n) is 6.33. The first-order valence-corrected chi connectivity index (χ1v) is 14.3. The Morgan fingerprint density at radius 2 is 1.81 bits per heavy atom. The van der Waals surface area contributed by atoms with Crippen molar-refractivity contribution in [3.63, 3.8) is 0 Å². The molecular weight excluding hydrogens is 582 g/mol. The van der Waals surface area contributed by atoms with Crippen LogP contribution >= 0.6 is 23.2 Å². The number of carbonyl (C=O) groups is 3. The number of carbonyl (C=O) groups excluding carboxylic acids is 3. The Bertz CT molecular complexity index is 1560. The lowest BCUT2D eigenvalue weighted by molar-refractivity contribution is -0.123. The molecule has 42 heavy (non-hydrogen) atoms. The van der Waals surface area contributed by atoms with Gasteiger partial charge in [0.2, 0.25) is 5.91 Å². The third-order valence-corrected chi connectivity index (χ3v) is 8.49. The Morgan fingerprint density at radius 3 is 2.48 bits per heavy atom. The SMILES string of the molecule is COC(=O)c1ccc(COC(=O)N2C[C@@H](CC(C)(C)C)[C@@]3(C(=O)Nc4cc(Cl)ccc43)[C@H]2c2cccc(Cl)c2F)cc1. The molecule has 0 saturated carbocycles. The van der Waals surface area contributed by atoms with Crippen LogP contribution in [0.4, 0.5) is 14.9 Å². The van der Waals surface area contributed by atoms with Gasteiger partial charge in [0.15, 0.2) is 0 Å². The number of hydrogen-bond acceptors (Lipinski definition) is 5. The maximum absolute atomic E-state index is 15.8. The summed E-state index contributed by atoms with van der Waals surface area (Å²) in [6.07, 6.45) is -0.151. The Kier molecular flexibility index (Phi) is 7.98. The molecular formula is C32H31Cl2FN2O5. The van der Waals surface area contributed by atoms with Crippen molar-refractivity contribution in [2.24, 2.45) is 11.3 Å². The average Bonchev–Trinajstić information content (AvgIpc) is 3.42. The predicted molar refractivity (Wildman–Crippen MR) is 158 cm³/mol. The number of anilines is 1. The van der Waals surface area contributed by atoms with Gasteiger partial charge < -0.3 is 14.8 Å². The monoisotopic (exact) mass is 612 g/mol. The first-order valence-electron chi connectivity index (χ1n) is 13.5. The number of rotatable bonds is 5. The molecule has 0 radical (unpaired) electrons. The Hall–Kier alpha value is -3.62. The van der Waals surface area contributed by atoms with Gasteiger partial charge in [0.1, 0.15) is 17.8 Å². The summed E-state index contributed by atoms with van der Waals surface area (Å²) < 4.78 is 26.3. The van der Waals surface area contributed by atoms with Gasteiger partial charge in [0, 0.05) is 22.8 Å². The molecule has 1 spiro atoms. The summed E-state index contributed by atoms with van der Waals surface area (Å²) in [7, 11) is 1.30. The number of esters is 1. The van der Waals surface area contributed by atoms with Crippen LogP contribution in [0.5, 0.6) is 0 Å². The molecule has 1 N–H and O–H groups in total. The van der Waals surface area contributed by atoms with E-state index in [1.54, 1.807) is 54.6 Å². The van der Waals surface area contributed by atoms with Crippen LogP contribution in [-0.4, -0.2) is 36.5 Å². The summed E-state index contributed by atoms with van der Waals surface area (Å²) in [5, 5.41) is 3.29. The molecule has 1 fully saturated rings. The van der Waals surface area contributed by atoms with Gasteiger partial charge in [-0.05, 0) is 59.2 Å². The standard InChI is InChI=1S/C32H31Cl2FN2O5/c1-31(2,3)15-20-16-37(30(40)42-17-18-8-10-19(11-9-18)28(38)41-4)27(22-6-5-7-24(34)26(22)35)32(20)23-13-12-21(33)14-25(23)36-29(32)39/h5-14,20,27H,15-17H2,1-4H3,(H,36,39)/t20-,27-,32+/m1/s1. The lowest BCUT2D eigenvalue weighted by Crippen LogP contribution is -2.46. The van der Waals surface area contributed by atoms with Crippen LogP contribution in [0.25, 0.3) is 0 Å². The minimum atomic E-state index is -1.33. The fourth-order valence-corrected chi connectivity index (χ4v) is 6.69. The molecule has 3 aromatic carbocycles. The van der Waals surface area contributed by atoms with Gasteiger partial charge in [-0.3, -0.25) is 9.69 Å². The highest BCUT2D eigenvalue weighted by Gasteiger charge is 2.65. The van der Waals surface area contributed by atoms with Gasteiger partial charge >= 0.3 is 12.1 Å². The highest BCUT2D eigenvalue weighted by atomic mass is 35.5. The number of amides is 2. The van der Waals surface area contributed by atoms with E-state index in [2.05, 4.69) is 26.1 Å². The van der Waals surface area contributed by atoms with Gasteiger partial charge in [0.25, 0.3) is 0 Å². The van der Waals surface area contributed by atoms with Crippen LogP contribution in [0, 0.1) is 17.2 Å². The van der Waals surface area contributed by atoms with Gasteiger partial charge in [-0.2, -0.15) is 0 Å². The summed E-state index contributed by atoms with van der Waals surface area (Å²) in [6, 6.07) is 15.1. The number of nitrogens with one attached hydrogen (secondary N) is 1. The fraction of sp³-hybridized carbons (Fsp3) is 0.344. The van der Waals surface area contributed by atoms with Crippen LogP contribution in [0.3, 0.4) is 0 Å². The zero-order valence-electron chi connectivity index (χ0n) is 23.7. The third-order valence-electron chi connectivity index (χ3n) is 7.96. The van der Waals surface area contributed by atoms with E-state index in [0.29, 0.717) is 33.8 Å². The summed E-state index contributed by atoms with van der Waals surface area (Å²) in [5.74, 6) is -1.91. The second-order valence-corrected chi connectivity index (χ2v) is 12.8. The number of benzene rings is 3. The molecule has 3 aromatic rings. The second kappa shape index (κ2) is 11.2. The molecule has 0 bridgehead atoms. The smallest absolute Gasteiger partial charge is 0.410 e. The van der Waals surface area contributed by atoms with Crippen molar-refractivity contribution in [1.82, 2.24) is 4.90 Å². The second-order valence-electron chi connectivity index (χ2n) is 11.9. The highest BCUT2D eigenvalue weighted by Crippen LogP contribution is 2.60. The van der Waals surface area contributed by atoms with Crippen LogP contribution in [0.2, 0.25) is 10.0 Å². The van der Waals surface area contributed by atoms with Crippen molar-refractivity contribution in [3.05, 3.63) is 98.8 Å². The number of nitrogens with zero attached hydrogens (tertiary/aromatic N) is 1. The Morgan fingerprint density at radius 1 is 1.10 bits per heavy atom. The maximum Gasteiger partial charge on any atom is 0.410 e. The van der Waals surface area contributed by atoms with Gasteiger partial charge in [0.05, 0.1) is 23.7 Å². The Labute approximate surface area is 253 Å². The first kappa shape index (κ1) is 29.9. The van der Waals surface area contributed by atoms with Crippen molar-refractivity contribution in [2.75, 3.05) is 19.0 Å². The molecule has 2 amide bonds. The molecule has 0 aliphatic carbocycles. The first-order chi connectivity index (χ1) is 19.9. The number of methoxy groups -OCH3 is 1. The van der Waals surface area contributed by atoms with Gasteiger partial charge in [-0.1, -0.05) is 74.3 Å². The maximum atomic E-state index is 15.8. The molecule has 220 valence electrons. The number of likely N-dealkylation sites (tertiary alicyclic amines) is 1. The molecule has 7 nitrogen and oxygen atoms in total. The topological polar surface area (TPSA) is 84.9 Å². The van der Waals surface area contributed by atoms with Crippen molar-refractivity contribution in [2.45, 2.75) is 45.3 Å². The lowest BCUT2D eigenvalue weighted by Gasteiger charge is -2.38. The van der Waals surface area contributed by atoms with Crippen molar-refractivity contribution >= 4 is 46.9 Å². The van der Waals surface area contributed by atoms with Crippen LogP contribution in [0.1, 0.15) is 60.3 Å². The summed E-state index contributed by atoms with van der Waals surface area (Å²) in [4.78, 5) is 41.3. The van der Waals surface area contributed by atoms with E-state index in [1.807, 2.05) is 0 Å². The van der Waals surface area contributed by atoms with Gasteiger partial charge in [-0.25, -0.2) is 14.0 Å². The normalized spacial score (nSPS) is 21.3. The van der Waals surface area contributed by atoms with E-state index in [9.17, 15) is 14.4 Å². The van der Waals surface area contributed by atoms with Gasteiger partial charge in [-0.15, -0.1) is 0 Å². The minimum Gasteiger partial charge on any atom is -0.465 e. The van der Waals surface area contributed by atoms with Crippen molar-refractivity contribution in [3.8, 4) is 0 Å². The molecule has 2 aliphatic heterocycles. The molecule has 0 aromatic heterocycles. The molecule has 2 aliphatic rings.